The van der Waals surface area contributed by atoms with E-state index < -0.39 is 0 Å². The topological polar surface area (TPSA) is 35.5 Å². The first-order valence-electron chi connectivity index (χ1n) is 7.43. The molecular formula is C16H25BrN2O. The van der Waals surface area contributed by atoms with E-state index >= 15 is 0 Å². The van der Waals surface area contributed by atoms with Gasteiger partial charge >= 0.3 is 0 Å². The van der Waals surface area contributed by atoms with Crippen LogP contribution >= 0.6 is 15.9 Å². The van der Waals surface area contributed by atoms with Gasteiger partial charge in [0.25, 0.3) is 0 Å². The van der Waals surface area contributed by atoms with Gasteiger partial charge in [-0.2, -0.15) is 0 Å². The van der Waals surface area contributed by atoms with Crippen LogP contribution in [0.4, 0.5) is 5.69 Å². The van der Waals surface area contributed by atoms with Crippen molar-refractivity contribution < 1.29 is 5.11 Å². The van der Waals surface area contributed by atoms with Crippen LogP contribution in [-0.4, -0.2) is 31.3 Å². The minimum atomic E-state index is -0.0693. The van der Waals surface area contributed by atoms with Gasteiger partial charge in [-0.25, -0.2) is 0 Å². The Labute approximate surface area is 130 Å². The Bertz CT molecular complexity index is 446. The minimum absolute atomic E-state index is 0.0693. The van der Waals surface area contributed by atoms with Gasteiger partial charge in [0.1, 0.15) is 0 Å². The van der Waals surface area contributed by atoms with Crippen LogP contribution in [0.5, 0.6) is 0 Å². The second kappa shape index (κ2) is 6.92. The number of benzene rings is 1. The van der Waals surface area contributed by atoms with Crippen molar-refractivity contribution in [1.29, 1.82) is 0 Å². The first-order chi connectivity index (χ1) is 9.51. The van der Waals surface area contributed by atoms with Gasteiger partial charge in [-0.05, 0) is 65.9 Å². The fourth-order valence-electron chi connectivity index (χ4n) is 2.86. The molecule has 1 aliphatic rings. The molecule has 1 saturated carbocycles. The van der Waals surface area contributed by atoms with Crippen molar-refractivity contribution in [3.8, 4) is 0 Å². The Hall–Kier alpha value is -0.580. The number of anilines is 1. The fraction of sp³-hybridized carbons (Fsp3) is 0.625. The highest BCUT2D eigenvalue weighted by atomic mass is 79.9. The molecule has 0 bridgehead atoms. The van der Waals surface area contributed by atoms with E-state index in [1.807, 2.05) is 0 Å². The Morgan fingerprint density at radius 3 is 2.70 bits per heavy atom. The first-order valence-corrected chi connectivity index (χ1v) is 8.22. The maximum absolute atomic E-state index is 9.37. The van der Waals surface area contributed by atoms with E-state index in [4.69, 9.17) is 0 Å². The maximum Gasteiger partial charge on any atom is 0.0546 e. The molecule has 1 atom stereocenters. The first kappa shape index (κ1) is 15.8. The summed E-state index contributed by atoms with van der Waals surface area (Å²) < 4.78 is 1.14. The molecule has 0 radical (unpaired) electrons. The maximum atomic E-state index is 9.37. The van der Waals surface area contributed by atoms with Crippen LogP contribution in [0, 0.1) is 5.92 Å². The van der Waals surface area contributed by atoms with Crippen LogP contribution in [0.2, 0.25) is 0 Å². The highest BCUT2D eigenvalue weighted by Gasteiger charge is 2.28. The van der Waals surface area contributed by atoms with Gasteiger partial charge in [-0.1, -0.05) is 13.0 Å². The molecule has 0 spiro atoms. The molecule has 20 heavy (non-hydrogen) atoms. The zero-order valence-corrected chi connectivity index (χ0v) is 14.2. The SMILES string of the molecule is CCNC(C)c1ccc(N(C)CC2CC(O)C2)c(Br)c1. The normalized spacial score (nSPS) is 23.2. The van der Waals surface area contributed by atoms with Crippen molar-refractivity contribution in [3.05, 3.63) is 28.2 Å². The molecule has 1 aromatic carbocycles. The monoisotopic (exact) mass is 340 g/mol. The number of nitrogens with one attached hydrogen (secondary N) is 1. The lowest BCUT2D eigenvalue weighted by Crippen LogP contribution is -2.37. The lowest BCUT2D eigenvalue weighted by atomic mass is 9.82. The molecular weight excluding hydrogens is 316 g/mol. The number of halogens is 1. The van der Waals surface area contributed by atoms with Crippen LogP contribution < -0.4 is 10.2 Å². The molecule has 112 valence electrons. The molecule has 2 N–H and O–H groups in total. The molecule has 0 heterocycles. The molecule has 3 nitrogen and oxygen atoms in total. The zero-order valence-electron chi connectivity index (χ0n) is 12.6. The van der Waals surface area contributed by atoms with Crippen LogP contribution in [0.1, 0.15) is 38.3 Å². The van der Waals surface area contributed by atoms with Crippen LogP contribution in [0.15, 0.2) is 22.7 Å². The third-order valence-corrected chi connectivity index (χ3v) is 4.77. The van der Waals surface area contributed by atoms with E-state index in [0.29, 0.717) is 12.0 Å². The van der Waals surface area contributed by atoms with Gasteiger partial charge in [0, 0.05) is 24.1 Å². The Kier molecular flexibility index (Phi) is 5.47. The summed E-state index contributed by atoms with van der Waals surface area (Å²) in [6, 6.07) is 6.95. The van der Waals surface area contributed by atoms with E-state index in [1.54, 1.807) is 0 Å². The van der Waals surface area contributed by atoms with E-state index in [9.17, 15) is 5.11 Å². The van der Waals surface area contributed by atoms with Gasteiger partial charge in [0.2, 0.25) is 0 Å². The van der Waals surface area contributed by atoms with Crippen molar-refractivity contribution in [2.75, 3.05) is 25.0 Å². The van der Waals surface area contributed by atoms with E-state index in [-0.39, 0.29) is 6.10 Å². The molecule has 0 amide bonds. The van der Waals surface area contributed by atoms with Gasteiger partial charge in [-0.3, -0.25) is 0 Å². The highest BCUT2D eigenvalue weighted by Crippen LogP contribution is 2.33. The largest absolute Gasteiger partial charge is 0.393 e. The lowest BCUT2D eigenvalue weighted by molar-refractivity contribution is 0.0464. The molecule has 2 rings (SSSR count). The van der Waals surface area contributed by atoms with E-state index in [2.05, 4.69) is 65.2 Å². The predicted molar refractivity (Wildman–Crippen MR) is 88.2 cm³/mol. The molecule has 1 unspecified atom stereocenters. The minimum Gasteiger partial charge on any atom is -0.393 e. The molecule has 1 aromatic rings. The Morgan fingerprint density at radius 1 is 1.45 bits per heavy atom. The van der Waals surface area contributed by atoms with Crippen molar-refractivity contribution in [3.63, 3.8) is 0 Å². The fourth-order valence-corrected chi connectivity index (χ4v) is 3.56. The summed E-state index contributed by atoms with van der Waals surface area (Å²) in [6.07, 6.45) is 1.81. The van der Waals surface area contributed by atoms with Gasteiger partial charge in [0.05, 0.1) is 11.8 Å². The number of hydrogen-bond acceptors (Lipinski definition) is 3. The molecule has 0 saturated heterocycles. The number of aliphatic hydroxyl groups excluding tert-OH is 1. The summed E-state index contributed by atoms with van der Waals surface area (Å²) >= 11 is 3.69. The van der Waals surface area contributed by atoms with Crippen LogP contribution in [0.3, 0.4) is 0 Å². The van der Waals surface area contributed by atoms with E-state index in [0.717, 1.165) is 30.4 Å². The molecule has 1 aliphatic carbocycles. The molecule has 0 aliphatic heterocycles. The molecule has 1 fully saturated rings. The number of rotatable bonds is 6. The average Bonchev–Trinajstić information content (AvgIpc) is 2.36. The van der Waals surface area contributed by atoms with Gasteiger partial charge in [-0.15, -0.1) is 0 Å². The second-order valence-corrected chi connectivity index (χ2v) is 6.72. The second-order valence-electron chi connectivity index (χ2n) is 5.86. The van der Waals surface area contributed by atoms with E-state index in [1.165, 1.54) is 11.3 Å². The van der Waals surface area contributed by atoms with Crippen LogP contribution in [0.25, 0.3) is 0 Å². The van der Waals surface area contributed by atoms with Gasteiger partial charge < -0.3 is 15.3 Å². The lowest BCUT2D eigenvalue weighted by Gasteiger charge is -2.35. The highest BCUT2D eigenvalue weighted by molar-refractivity contribution is 9.10. The molecule has 0 aromatic heterocycles. The third-order valence-electron chi connectivity index (χ3n) is 4.14. The molecule has 4 heteroatoms. The summed E-state index contributed by atoms with van der Waals surface area (Å²) in [5, 5.41) is 12.8. The standard InChI is InChI=1S/C16H25BrN2O/c1-4-18-11(2)13-5-6-16(15(17)9-13)19(3)10-12-7-14(20)8-12/h5-6,9,11-12,14,18,20H,4,7-8,10H2,1-3H3. The van der Waals surface area contributed by atoms with Crippen molar-refractivity contribution in [1.82, 2.24) is 5.32 Å². The van der Waals surface area contributed by atoms with Crippen molar-refractivity contribution >= 4 is 21.6 Å². The smallest absolute Gasteiger partial charge is 0.0546 e. The van der Waals surface area contributed by atoms with Crippen LogP contribution in [-0.2, 0) is 0 Å². The number of aliphatic hydroxyl groups is 1. The Morgan fingerprint density at radius 2 is 2.15 bits per heavy atom. The third kappa shape index (κ3) is 3.74. The Balaban J connectivity index is 2.01. The predicted octanol–water partition coefficient (Wildman–Crippen LogP) is 3.33. The number of nitrogens with zero attached hydrogens (tertiary/aromatic N) is 1. The summed E-state index contributed by atoms with van der Waals surface area (Å²) in [6.45, 7) is 6.30. The quantitative estimate of drug-likeness (QED) is 0.833. The summed E-state index contributed by atoms with van der Waals surface area (Å²) in [5.41, 5.74) is 2.52. The zero-order chi connectivity index (χ0) is 14.7. The summed E-state index contributed by atoms with van der Waals surface area (Å²) in [7, 11) is 2.12. The summed E-state index contributed by atoms with van der Waals surface area (Å²) in [5.74, 6) is 0.627. The summed E-state index contributed by atoms with van der Waals surface area (Å²) in [4.78, 5) is 2.28. The average molecular weight is 341 g/mol. The van der Waals surface area contributed by atoms with Gasteiger partial charge in [0.15, 0.2) is 0 Å². The number of hydrogen-bond donors (Lipinski definition) is 2. The van der Waals surface area contributed by atoms with Crippen molar-refractivity contribution in [2.45, 2.75) is 38.8 Å². The van der Waals surface area contributed by atoms with Crippen molar-refractivity contribution in [2.24, 2.45) is 5.92 Å².